The number of benzene rings is 1. The van der Waals surface area contributed by atoms with Crippen LogP contribution in [0.3, 0.4) is 0 Å². The van der Waals surface area contributed by atoms with E-state index in [1.165, 1.54) is 6.33 Å². The molecular formula is C17H20F2N4O2. The number of aromatic amines is 1. The van der Waals surface area contributed by atoms with Crippen LogP contribution in [0.15, 0.2) is 24.5 Å². The molecule has 0 saturated carbocycles. The molecule has 0 unspecified atom stereocenters. The molecule has 1 aromatic carbocycles. The number of carbonyl (C=O) groups excluding carboxylic acids is 2. The van der Waals surface area contributed by atoms with Gasteiger partial charge in [0.1, 0.15) is 17.3 Å². The quantitative estimate of drug-likeness (QED) is 0.774. The summed E-state index contributed by atoms with van der Waals surface area (Å²) in [4.78, 5) is 30.9. The number of amides is 2. The van der Waals surface area contributed by atoms with E-state index < -0.39 is 23.4 Å². The molecule has 0 atom stereocenters. The summed E-state index contributed by atoms with van der Waals surface area (Å²) in [7, 11) is 0. The average Bonchev–Trinajstić information content (AvgIpc) is 2.98. The minimum atomic E-state index is -0.729. The Morgan fingerprint density at radius 2 is 1.72 bits per heavy atom. The fourth-order valence-corrected chi connectivity index (χ4v) is 2.05. The van der Waals surface area contributed by atoms with Crippen LogP contribution in [0.25, 0.3) is 0 Å². The molecule has 0 saturated heterocycles. The summed E-state index contributed by atoms with van der Waals surface area (Å²) in [5, 5.41) is 5.21. The molecule has 3 N–H and O–H groups in total. The number of H-pyrrole nitrogens is 1. The smallest absolute Gasteiger partial charge is 0.272 e. The predicted molar refractivity (Wildman–Crippen MR) is 87.9 cm³/mol. The van der Waals surface area contributed by atoms with Gasteiger partial charge in [0.05, 0.1) is 6.33 Å². The van der Waals surface area contributed by atoms with Gasteiger partial charge in [-0.3, -0.25) is 9.59 Å². The summed E-state index contributed by atoms with van der Waals surface area (Å²) in [6.07, 6.45) is 1.24. The van der Waals surface area contributed by atoms with Crippen molar-refractivity contribution in [1.29, 1.82) is 0 Å². The maximum Gasteiger partial charge on any atom is 0.272 e. The molecule has 0 aliphatic carbocycles. The van der Waals surface area contributed by atoms with Gasteiger partial charge in [-0.15, -0.1) is 0 Å². The first-order valence-corrected chi connectivity index (χ1v) is 7.70. The number of nitrogens with one attached hydrogen (secondary N) is 3. The summed E-state index contributed by atoms with van der Waals surface area (Å²) in [5.74, 6) is -2.53. The highest BCUT2D eigenvalue weighted by molar-refractivity contribution is 6.04. The van der Waals surface area contributed by atoms with E-state index in [1.54, 1.807) is 0 Å². The number of carbonyl (C=O) groups is 2. The third-order valence-corrected chi connectivity index (χ3v) is 3.24. The summed E-state index contributed by atoms with van der Waals surface area (Å²) < 4.78 is 26.3. The van der Waals surface area contributed by atoms with Gasteiger partial charge in [-0.1, -0.05) is 20.8 Å². The lowest BCUT2D eigenvalue weighted by Crippen LogP contribution is -2.34. The Bertz CT molecular complexity index is 761. The largest absolute Gasteiger partial charge is 0.350 e. The van der Waals surface area contributed by atoms with Crippen LogP contribution >= 0.6 is 0 Å². The Hall–Kier alpha value is -2.77. The zero-order valence-electron chi connectivity index (χ0n) is 14.2. The third kappa shape index (κ3) is 5.37. The molecule has 0 aliphatic heterocycles. The van der Waals surface area contributed by atoms with E-state index in [1.807, 2.05) is 20.8 Å². The van der Waals surface area contributed by atoms with Crippen LogP contribution in [0.5, 0.6) is 0 Å². The monoisotopic (exact) mass is 350 g/mol. The van der Waals surface area contributed by atoms with Gasteiger partial charge in [-0.2, -0.15) is 0 Å². The molecule has 1 heterocycles. The van der Waals surface area contributed by atoms with Crippen LogP contribution < -0.4 is 10.6 Å². The van der Waals surface area contributed by atoms with Gasteiger partial charge in [0.25, 0.3) is 11.8 Å². The Kier molecular flexibility index (Phi) is 5.51. The lowest BCUT2D eigenvalue weighted by Gasteiger charge is -2.18. The first-order valence-electron chi connectivity index (χ1n) is 7.70. The fourth-order valence-electron chi connectivity index (χ4n) is 2.05. The van der Waals surface area contributed by atoms with E-state index in [2.05, 4.69) is 20.6 Å². The Balaban J connectivity index is 2.03. The van der Waals surface area contributed by atoms with E-state index in [9.17, 15) is 18.4 Å². The second-order valence-corrected chi connectivity index (χ2v) is 6.83. The highest BCUT2D eigenvalue weighted by Crippen LogP contribution is 2.12. The normalized spacial score (nSPS) is 11.2. The maximum atomic E-state index is 13.2. The summed E-state index contributed by atoms with van der Waals surface area (Å²) in [6, 6.07) is 2.98. The molecule has 0 spiro atoms. The van der Waals surface area contributed by atoms with E-state index in [-0.39, 0.29) is 28.9 Å². The van der Waals surface area contributed by atoms with Gasteiger partial charge < -0.3 is 15.6 Å². The average molecular weight is 350 g/mol. The van der Waals surface area contributed by atoms with Crippen molar-refractivity contribution in [3.63, 3.8) is 0 Å². The minimum absolute atomic E-state index is 0.0108. The van der Waals surface area contributed by atoms with Gasteiger partial charge in [0.15, 0.2) is 5.69 Å². The van der Waals surface area contributed by atoms with Crippen LogP contribution in [0.1, 0.15) is 47.3 Å². The molecule has 0 radical (unpaired) electrons. The second-order valence-electron chi connectivity index (χ2n) is 6.83. The molecule has 6 nitrogen and oxygen atoms in total. The van der Waals surface area contributed by atoms with Crippen molar-refractivity contribution in [3.05, 3.63) is 53.1 Å². The number of imidazole rings is 1. The molecule has 0 aliphatic rings. The van der Waals surface area contributed by atoms with E-state index >= 15 is 0 Å². The van der Waals surface area contributed by atoms with Gasteiger partial charge in [-0.25, -0.2) is 13.8 Å². The Morgan fingerprint density at radius 3 is 2.32 bits per heavy atom. The van der Waals surface area contributed by atoms with Crippen molar-refractivity contribution in [2.75, 3.05) is 6.54 Å². The number of hydrogen-bond acceptors (Lipinski definition) is 3. The second kappa shape index (κ2) is 7.42. The topological polar surface area (TPSA) is 86.9 Å². The molecule has 2 amide bonds. The Morgan fingerprint density at radius 1 is 1.08 bits per heavy atom. The number of halogens is 2. The molecule has 0 bridgehead atoms. The fraction of sp³-hybridized carbons (Fsp3) is 0.353. The molecule has 0 fully saturated rings. The van der Waals surface area contributed by atoms with Gasteiger partial charge >= 0.3 is 0 Å². The first kappa shape index (κ1) is 18.6. The number of aromatic nitrogens is 2. The van der Waals surface area contributed by atoms with Gasteiger partial charge in [-0.05, 0) is 23.1 Å². The van der Waals surface area contributed by atoms with E-state index in [0.29, 0.717) is 6.54 Å². The van der Waals surface area contributed by atoms with Crippen LogP contribution in [0, 0.1) is 17.0 Å². The molecule has 2 rings (SSSR count). The highest BCUT2D eigenvalue weighted by Gasteiger charge is 2.21. The zero-order valence-corrected chi connectivity index (χ0v) is 14.2. The number of hydrogen-bond donors (Lipinski definition) is 3. The maximum absolute atomic E-state index is 13.2. The lowest BCUT2D eigenvalue weighted by molar-refractivity contribution is 0.0905. The van der Waals surface area contributed by atoms with Crippen molar-refractivity contribution < 1.29 is 18.4 Å². The molecule has 134 valence electrons. The summed E-state index contributed by atoms with van der Waals surface area (Å²) in [5.41, 5.74) is 0.107. The molecule has 2 aromatic rings. The van der Waals surface area contributed by atoms with Crippen LogP contribution in [0.2, 0.25) is 0 Å². The summed E-state index contributed by atoms with van der Waals surface area (Å²) >= 11 is 0. The molecule has 8 heteroatoms. The molecule has 1 aromatic heterocycles. The van der Waals surface area contributed by atoms with E-state index in [4.69, 9.17) is 0 Å². The summed E-state index contributed by atoms with van der Waals surface area (Å²) in [6.45, 7) is 6.22. The Labute approximate surface area is 144 Å². The predicted octanol–water partition coefficient (Wildman–Crippen LogP) is 2.39. The zero-order chi connectivity index (χ0) is 18.6. The third-order valence-electron chi connectivity index (χ3n) is 3.24. The van der Waals surface area contributed by atoms with Crippen LogP contribution in [0.4, 0.5) is 8.78 Å². The number of rotatable bonds is 5. The standard InChI is InChI=1S/C17H20F2N4O2/c1-17(2,3)8-21-16(25)14-13(22-9-23-14)15(24)20-7-10-4-11(18)6-12(19)5-10/h4-6,9H,7-8H2,1-3H3,(H,20,24)(H,21,25)(H,22,23). The van der Waals surface area contributed by atoms with Crippen LogP contribution in [-0.4, -0.2) is 28.3 Å². The van der Waals surface area contributed by atoms with E-state index in [0.717, 1.165) is 18.2 Å². The first-order chi connectivity index (χ1) is 11.7. The van der Waals surface area contributed by atoms with Gasteiger partial charge in [0.2, 0.25) is 0 Å². The van der Waals surface area contributed by atoms with Crippen molar-refractivity contribution in [1.82, 2.24) is 20.6 Å². The van der Waals surface area contributed by atoms with Crippen molar-refractivity contribution in [2.24, 2.45) is 5.41 Å². The lowest BCUT2D eigenvalue weighted by atomic mass is 9.97. The molecular weight excluding hydrogens is 330 g/mol. The van der Waals surface area contributed by atoms with Crippen molar-refractivity contribution in [3.8, 4) is 0 Å². The number of nitrogens with zero attached hydrogens (tertiary/aromatic N) is 1. The minimum Gasteiger partial charge on any atom is -0.350 e. The molecule has 25 heavy (non-hydrogen) atoms. The SMILES string of the molecule is CC(C)(C)CNC(=O)c1nc[nH]c1C(=O)NCc1cc(F)cc(F)c1. The highest BCUT2D eigenvalue weighted by atomic mass is 19.1. The van der Waals surface area contributed by atoms with Crippen molar-refractivity contribution >= 4 is 11.8 Å². The van der Waals surface area contributed by atoms with Crippen molar-refractivity contribution in [2.45, 2.75) is 27.3 Å². The van der Waals surface area contributed by atoms with Crippen LogP contribution in [-0.2, 0) is 6.54 Å². The van der Waals surface area contributed by atoms with Gasteiger partial charge in [0, 0.05) is 19.2 Å².